The van der Waals surface area contributed by atoms with Gasteiger partial charge in [-0.2, -0.15) is 0 Å². The number of rotatable bonds is 6. The van der Waals surface area contributed by atoms with Crippen molar-refractivity contribution in [2.45, 2.75) is 6.92 Å². The van der Waals surface area contributed by atoms with Crippen molar-refractivity contribution in [2.24, 2.45) is 0 Å². The Hall–Kier alpha value is 0.280. The number of hydrogen-bond acceptors (Lipinski definition) is 0. The maximum absolute atomic E-state index is 2.39. The summed E-state index contributed by atoms with van der Waals surface area (Å²) in [6, 6.07) is 31.7. The summed E-state index contributed by atoms with van der Waals surface area (Å²) in [7, 11) is 0. The molecule has 0 unspecified atom stereocenters. The number of halogens is 3. The van der Waals surface area contributed by atoms with E-state index in [1.54, 1.807) is 10.7 Å². The SMILES string of the molecule is Cc1ccccc1[IH]P([IH]c1ccccc1)[IH]c1ccccc1. The molecule has 0 atom stereocenters. The molecule has 0 fully saturated rings. The van der Waals surface area contributed by atoms with Crippen molar-refractivity contribution in [2.75, 3.05) is 0 Å². The number of hydrogen-bond donors (Lipinski definition) is 0. The van der Waals surface area contributed by atoms with Crippen LogP contribution in [0.3, 0.4) is 0 Å². The second kappa shape index (κ2) is 9.68. The van der Waals surface area contributed by atoms with E-state index in [0.29, 0.717) is 0 Å². The van der Waals surface area contributed by atoms with Crippen molar-refractivity contribution in [1.29, 1.82) is 0 Å². The molecule has 0 aromatic heterocycles. The third kappa shape index (κ3) is 5.94. The van der Waals surface area contributed by atoms with Crippen LogP contribution in [-0.2, 0) is 0 Å². The van der Waals surface area contributed by atoms with Crippen LogP contribution in [0.15, 0.2) is 84.9 Å². The van der Waals surface area contributed by atoms with E-state index in [-0.39, 0.29) is 62.8 Å². The molecule has 23 heavy (non-hydrogen) atoms. The van der Waals surface area contributed by atoms with Gasteiger partial charge in [0, 0.05) is 0 Å². The van der Waals surface area contributed by atoms with Crippen molar-refractivity contribution in [1.82, 2.24) is 0 Å². The topological polar surface area (TPSA) is 0 Å². The Bertz CT molecular complexity index is 690. The van der Waals surface area contributed by atoms with Crippen LogP contribution in [0.1, 0.15) is 5.56 Å². The zero-order valence-electron chi connectivity index (χ0n) is 12.8. The monoisotopic (exact) mass is 660 g/mol. The van der Waals surface area contributed by atoms with Gasteiger partial charge in [0.15, 0.2) is 0 Å². The number of benzene rings is 3. The molecule has 0 N–H and O–H groups in total. The Labute approximate surface area is 169 Å². The quantitative estimate of drug-likeness (QED) is 0.193. The average molecular weight is 660 g/mol. The summed E-state index contributed by atoms with van der Waals surface area (Å²) in [5, 5.41) is 0. The van der Waals surface area contributed by atoms with Gasteiger partial charge in [-0.05, 0) is 0 Å². The van der Waals surface area contributed by atoms with Gasteiger partial charge in [-0.15, -0.1) is 0 Å². The molecule has 0 aliphatic heterocycles. The molecule has 0 spiro atoms. The molecule has 0 bridgehead atoms. The summed E-state index contributed by atoms with van der Waals surface area (Å²) in [4.78, 5) is 0. The van der Waals surface area contributed by atoms with Gasteiger partial charge >= 0.3 is 171 Å². The summed E-state index contributed by atoms with van der Waals surface area (Å²) in [5.74, 6) is 0. The molecule has 3 aromatic rings. The summed E-state index contributed by atoms with van der Waals surface area (Å²) < 4.78 is 5.30. The second-order valence-electron chi connectivity index (χ2n) is 4.89. The molecule has 122 valence electrons. The van der Waals surface area contributed by atoms with Gasteiger partial charge < -0.3 is 0 Å². The van der Waals surface area contributed by atoms with Crippen LogP contribution in [0.4, 0.5) is 0 Å². The minimum absolute atomic E-state index is 0.0292. The van der Waals surface area contributed by atoms with Crippen molar-refractivity contribution < 1.29 is 0 Å². The third-order valence-corrected chi connectivity index (χ3v) is 41.8. The van der Waals surface area contributed by atoms with Gasteiger partial charge in [0.05, 0.1) is 0 Å². The summed E-state index contributed by atoms with van der Waals surface area (Å²) in [5.41, 5.74) is 1.52. The Morgan fingerprint density at radius 1 is 0.565 bits per heavy atom. The van der Waals surface area contributed by atoms with Crippen LogP contribution in [0.5, 0.6) is 0 Å². The molecule has 0 saturated heterocycles. The second-order valence-corrected chi connectivity index (χ2v) is 44.0. The zero-order valence-corrected chi connectivity index (χ0v) is 20.6. The first kappa shape index (κ1) is 18.1. The molecule has 0 amide bonds. The fourth-order valence-corrected chi connectivity index (χ4v) is 48.8. The van der Waals surface area contributed by atoms with Crippen molar-refractivity contribution >= 4 is 62.8 Å². The van der Waals surface area contributed by atoms with E-state index in [0.717, 1.165) is 0 Å². The van der Waals surface area contributed by atoms with E-state index in [2.05, 4.69) is 91.9 Å². The maximum atomic E-state index is 2.39. The van der Waals surface area contributed by atoms with Gasteiger partial charge in [0.1, 0.15) is 0 Å². The predicted molar refractivity (Wildman–Crippen MR) is 133 cm³/mol. The first-order valence-electron chi connectivity index (χ1n) is 7.31. The van der Waals surface area contributed by atoms with Crippen LogP contribution >= 0.6 is 62.8 Å². The molecule has 0 heterocycles. The van der Waals surface area contributed by atoms with Crippen LogP contribution in [0, 0.1) is 17.6 Å². The van der Waals surface area contributed by atoms with Crippen molar-refractivity contribution in [3.05, 3.63) is 101 Å². The van der Waals surface area contributed by atoms with Crippen molar-refractivity contribution in [3.63, 3.8) is 0 Å². The summed E-state index contributed by atoms with van der Waals surface area (Å²) in [6.45, 7) is 2.29. The van der Waals surface area contributed by atoms with Crippen LogP contribution in [-0.4, -0.2) is 0 Å². The normalized spacial score (nSPS) is 11.4. The average Bonchev–Trinajstić information content (AvgIpc) is 2.59. The van der Waals surface area contributed by atoms with E-state index in [1.807, 2.05) is 0 Å². The molecule has 3 aromatic carbocycles. The van der Waals surface area contributed by atoms with Gasteiger partial charge in [-0.25, -0.2) is 0 Å². The van der Waals surface area contributed by atoms with Gasteiger partial charge in [-0.1, -0.05) is 0 Å². The summed E-state index contributed by atoms with van der Waals surface area (Å²) in [6.07, 6.45) is 0. The first-order valence-corrected chi connectivity index (χ1v) is 21.3. The molecular formula is C19H20I3P. The van der Waals surface area contributed by atoms with Crippen LogP contribution in [0.2, 0.25) is 0 Å². The molecule has 0 nitrogen and oxygen atoms in total. The minimum atomic E-state index is -0.0409. The van der Waals surface area contributed by atoms with E-state index in [4.69, 9.17) is 0 Å². The van der Waals surface area contributed by atoms with Gasteiger partial charge in [0.25, 0.3) is 0 Å². The van der Waals surface area contributed by atoms with Crippen LogP contribution < -0.4 is 0 Å². The van der Waals surface area contributed by atoms with Crippen molar-refractivity contribution in [3.8, 4) is 0 Å². The Kier molecular flexibility index (Phi) is 7.61. The molecule has 4 heteroatoms. The van der Waals surface area contributed by atoms with E-state index in [9.17, 15) is 0 Å². The zero-order chi connectivity index (χ0) is 15.9. The summed E-state index contributed by atoms with van der Waals surface area (Å²) >= 11 is -0.0992. The van der Waals surface area contributed by atoms with Gasteiger partial charge in [-0.3, -0.25) is 0 Å². The van der Waals surface area contributed by atoms with E-state index >= 15 is 0 Å². The Morgan fingerprint density at radius 2 is 1.04 bits per heavy atom. The molecule has 0 radical (unpaired) electrons. The Morgan fingerprint density at radius 3 is 1.57 bits per heavy atom. The Balaban J connectivity index is 1.79. The standard InChI is InChI=1S/C19H20I3P/c1-16-10-8-9-15-19(16)22-23(20-17-11-4-2-5-12-17)21-18-13-6-3-7-14-18/h2-15,20-22H,1H3. The van der Waals surface area contributed by atoms with Gasteiger partial charge in [0.2, 0.25) is 0 Å². The third-order valence-electron chi connectivity index (χ3n) is 3.11. The fourth-order valence-electron chi connectivity index (χ4n) is 1.93. The molecule has 3 rings (SSSR count). The van der Waals surface area contributed by atoms with Crippen LogP contribution in [0.25, 0.3) is 0 Å². The molecule has 0 aliphatic carbocycles. The fraction of sp³-hybridized carbons (Fsp3) is 0.0526. The van der Waals surface area contributed by atoms with E-state index < -0.39 is 0 Å². The number of aryl methyl sites for hydroxylation is 1. The molecule has 0 saturated carbocycles. The van der Waals surface area contributed by atoms with E-state index in [1.165, 1.54) is 5.56 Å². The first-order chi connectivity index (χ1) is 11.3. The molecular weight excluding hydrogens is 640 g/mol. The predicted octanol–water partition coefficient (Wildman–Crippen LogP) is 7.24. The molecule has 0 aliphatic rings.